The van der Waals surface area contributed by atoms with Crippen molar-refractivity contribution in [3.8, 4) is 0 Å². The molecule has 0 bridgehead atoms. The van der Waals surface area contributed by atoms with Gasteiger partial charge in [-0.2, -0.15) is 0 Å². The molecule has 5 heteroatoms. The van der Waals surface area contributed by atoms with E-state index in [4.69, 9.17) is 0 Å². The Morgan fingerprint density at radius 1 is 1.03 bits per heavy atom. The molecule has 2 rings (SSSR count). The first-order chi connectivity index (χ1) is 15.0. The molecule has 0 unspecified atom stereocenters. The lowest BCUT2D eigenvalue weighted by Gasteiger charge is -2.33. The van der Waals surface area contributed by atoms with E-state index >= 15 is 0 Å². The van der Waals surface area contributed by atoms with Crippen LogP contribution in [0.15, 0.2) is 42.5 Å². The molecule has 1 N–H and O–H groups in total. The number of thioether (sulfide) groups is 1. The second-order valence-electron chi connectivity index (χ2n) is 9.60. The molecule has 174 valence electrons. The van der Waals surface area contributed by atoms with Crippen LogP contribution in [-0.2, 0) is 21.9 Å². The molecule has 0 spiro atoms. The molecule has 32 heavy (non-hydrogen) atoms. The van der Waals surface area contributed by atoms with Gasteiger partial charge in [-0.15, -0.1) is 11.8 Å². The van der Waals surface area contributed by atoms with Crippen LogP contribution in [0.2, 0.25) is 0 Å². The summed E-state index contributed by atoms with van der Waals surface area (Å²) in [6.07, 6.45) is 0.571. The number of carbonyl (C=O) groups excluding carboxylic acids is 2. The molecule has 0 aromatic heterocycles. The van der Waals surface area contributed by atoms with Crippen molar-refractivity contribution >= 4 is 23.6 Å². The van der Waals surface area contributed by atoms with Gasteiger partial charge in [0.05, 0.1) is 5.75 Å². The van der Waals surface area contributed by atoms with Gasteiger partial charge in [0.1, 0.15) is 6.04 Å². The highest BCUT2D eigenvalue weighted by Crippen LogP contribution is 2.20. The fourth-order valence-corrected chi connectivity index (χ4v) is 4.68. The Morgan fingerprint density at radius 2 is 1.66 bits per heavy atom. The van der Waals surface area contributed by atoms with E-state index in [9.17, 15) is 9.59 Å². The molecule has 0 aliphatic carbocycles. The van der Waals surface area contributed by atoms with Crippen LogP contribution in [0.4, 0.5) is 0 Å². The largest absolute Gasteiger partial charge is 0.350 e. The van der Waals surface area contributed by atoms with Crippen LogP contribution in [0.3, 0.4) is 0 Å². The molecule has 0 heterocycles. The smallest absolute Gasteiger partial charge is 0.243 e. The maximum atomic E-state index is 13.4. The number of nitrogens with one attached hydrogen (secondary N) is 1. The monoisotopic (exact) mass is 454 g/mol. The summed E-state index contributed by atoms with van der Waals surface area (Å²) < 4.78 is 0. The SMILES string of the molecule is CC[C@@H](C(=O)NC(C)(C)C)N(Cc1ccccc1C)C(=O)CSCc1cc(C)cc(C)c1. The third-order valence-electron chi connectivity index (χ3n) is 5.26. The Bertz CT molecular complexity index is 913. The summed E-state index contributed by atoms with van der Waals surface area (Å²) in [4.78, 5) is 28.2. The van der Waals surface area contributed by atoms with Crippen LogP contribution in [-0.4, -0.2) is 34.0 Å². The van der Waals surface area contributed by atoms with Gasteiger partial charge in [0.2, 0.25) is 11.8 Å². The maximum absolute atomic E-state index is 13.4. The molecule has 0 aliphatic heterocycles. The first kappa shape index (κ1) is 26.0. The number of rotatable bonds is 9. The first-order valence-electron chi connectivity index (χ1n) is 11.3. The number of hydrogen-bond donors (Lipinski definition) is 1. The van der Waals surface area contributed by atoms with Crippen LogP contribution in [0, 0.1) is 20.8 Å². The second-order valence-corrected chi connectivity index (χ2v) is 10.6. The Morgan fingerprint density at radius 3 is 2.22 bits per heavy atom. The van der Waals surface area contributed by atoms with Crippen molar-refractivity contribution in [2.75, 3.05) is 5.75 Å². The van der Waals surface area contributed by atoms with Gasteiger partial charge in [-0.3, -0.25) is 9.59 Å². The quantitative estimate of drug-likeness (QED) is 0.539. The van der Waals surface area contributed by atoms with Gasteiger partial charge in [0.25, 0.3) is 0 Å². The van der Waals surface area contributed by atoms with E-state index in [0.717, 1.165) is 16.9 Å². The highest BCUT2D eigenvalue weighted by atomic mass is 32.2. The van der Waals surface area contributed by atoms with Crippen molar-refractivity contribution in [3.05, 3.63) is 70.3 Å². The number of hydrogen-bond acceptors (Lipinski definition) is 3. The van der Waals surface area contributed by atoms with E-state index < -0.39 is 6.04 Å². The van der Waals surface area contributed by atoms with Gasteiger partial charge < -0.3 is 10.2 Å². The van der Waals surface area contributed by atoms with E-state index in [0.29, 0.717) is 18.7 Å². The fraction of sp³-hybridized carbons (Fsp3) is 0.481. The molecule has 0 radical (unpaired) electrons. The minimum absolute atomic E-state index is 0.00135. The number of aryl methyl sites for hydroxylation is 3. The zero-order valence-corrected chi connectivity index (χ0v) is 21.4. The summed E-state index contributed by atoms with van der Waals surface area (Å²) in [7, 11) is 0. The molecule has 0 saturated heterocycles. The minimum Gasteiger partial charge on any atom is -0.350 e. The Labute approximate surface area is 198 Å². The zero-order valence-electron chi connectivity index (χ0n) is 20.6. The van der Waals surface area contributed by atoms with Gasteiger partial charge in [0.15, 0.2) is 0 Å². The van der Waals surface area contributed by atoms with Crippen molar-refractivity contribution in [1.29, 1.82) is 0 Å². The number of benzene rings is 2. The van der Waals surface area contributed by atoms with Crippen LogP contribution in [0.5, 0.6) is 0 Å². The van der Waals surface area contributed by atoms with Gasteiger partial charge in [-0.25, -0.2) is 0 Å². The van der Waals surface area contributed by atoms with E-state index in [2.05, 4.69) is 37.4 Å². The van der Waals surface area contributed by atoms with Crippen LogP contribution in [0.1, 0.15) is 61.9 Å². The van der Waals surface area contributed by atoms with Crippen LogP contribution >= 0.6 is 11.8 Å². The maximum Gasteiger partial charge on any atom is 0.243 e. The van der Waals surface area contributed by atoms with E-state index in [1.807, 2.05) is 58.9 Å². The third-order valence-corrected chi connectivity index (χ3v) is 6.25. The zero-order chi connectivity index (χ0) is 23.9. The average molecular weight is 455 g/mol. The van der Waals surface area contributed by atoms with Gasteiger partial charge in [-0.1, -0.05) is 60.5 Å². The van der Waals surface area contributed by atoms with Crippen molar-refractivity contribution in [1.82, 2.24) is 10.2 Å². The highest BCUT2D eigenvalue weighted by Gasteiger charge is 2.30. The molecule has 1 atom stereocenters. The first-order valence-corrected chi connectivity index (χ1v) is 12.5. The molecule has 4 nitrogen and oxygen atoms in total. The van der Waals surface area contributed by atoms with Gasteiger partial charge in [-0.05, 0) is 64.7 Å². The van der Waals surface area contributed by atoms with Crippen molar-refractivity contribution < 1.29 is 9.59 Å². The van der Waals surface area contributed by atoms with E-state index in [1.165, 1.54) is 16.7 Å². The lowest BCUT2D eigenvalue weighted by atomic mass is 10.0. The molecular weight excluding hydrogens is 416 g/mol. The predicted molar refractivity (Wildman–Crippen MR) is 136 cm³/mol. The standard InChI is InChI=1S/C27H38N2O2S/c1-8-24(26(31)28-27(5,6)7)29(16-23-12-10-9-11-21(23)4)25(30)18-32-17-22-14-19(2)13-20(3)15-22/h9-15,24H,8,16-18H2,1-7H3,(H,28,31)/t24-/m0/s1. The van der Waals surface area contributed by atoms with Gasteiger partial charge in [0, 0.05) is 17.8 Å². The summed E-state index contributed by atoms with van der Waals surface area (Å²) in [6, 6.07) is 14.0. The summed E-state index contributed by atoms with van der Waals surface area (Å²) in [5.74, 6) is 1.02. The van der Waals surface area contributed by atoms with Crippen molar-refractivity contribution in [3.63, 3.8) is 0 Å². The Balaban J connectivity index is 2.18. The third kappa shape index (κ3) is 8.01. The molecule has 0 aliphatic rings. The molecular formula is C27H38N2O2S. The van der Waals surface area contributed by atoms with E-state index in [1.54, 1.807) is 16.7 Å². The van der Waals surface area contributed by atoms with E-state index in [-0.39, 0.29) is 17.4 Å². The molecule has 2 amide bonds. The lowest BCUT2D eigenvalue weighted by Crippen LogP contribution is -2.53. The van der Waals surface area contributed by atoms with Gasteiger partial charge >= 0.3 is 0 Å². The molecule has 2 aromatic carbocycles. The number of carbonyl (C=O) groups is 2. The summed E-state index contributed by atoms with van der Waals surface area (Å²) >= 11 is 1.60. The summed E-state index contributed by atoms with van der Waals surface area (Å²) in [6.45, 7) is 14.5. The summed E-state index contributed by atoms with van der Waals surface area (Å²) in [5.41, 5.74) is 5.54. The highest BCUT2D eigenvalue weighted by molar-refractivity contribution is 7.99. The van der Waals surface area contributed by atoms with Crippen molar-refractivity contribution in [2.24, 2.45) is 0 Å². The Kier molecular flexibility index (Phi) is 9.38. The summed E-state index contributed by atoms with van der Waals surface area (Å²) in [5, 5.41) is 3.06. The van der Waals surface area contributed by atoms with Crippen LogP contribution in [0.25, 0.3) is 0 Å². The second kappa shape index (κ2) is 11.6. The Hall–Kier alpha value is -2.27. The molecule has 2 aromatic rings. The number of amides is 2. The normalized spacial score (nSPS) is 12.3. The molecule has 0 fully saturated rings. The predicted octanol–water partition coefficient (Wildman–Crippen LogP) is 5.57. The van der Waals surface area contributed by atoms with Crippen molar-refractivity contribution in [2.45, 2.75) is 78.8 Å². The number of nitrogens with zero attached hydrogens (tertiary/aromatic N) is 1. The van der Waals surface area contributed by atoms with Crippen LogP contribution < -0.4 is 5.32 Å². The molecule has 0 saturated carbocycles. The fourth-order valence-electron chi connectivity index (χ4n) is 3.83. The topological polar surface area (TPSA) is 49.4 Å². The lowest BCUT2D eigenvalue weighted by molar-refractivity contribution is -0.140. The average Bonchev–Trinajstić information content (AvgIpc) is 2.67. The minimum atomic E-state index is -0.497.